The van der Waals surface area contributed by atoms with Crippen LogP contribution in [0.15, 0.2) is 17.3 Å². The van der Waals surface area contributed by atoms with E-state index in [4.69, 9.17) is 0 Å². The summed E-state index contributed by atoms with van der Waals surface area (Å²) < 4.78 is 27.7. The average Bonchev–Trinajstić information content (AvgIpc) is 2.76. The Hall–Kier alpha value is -0.630. The molecule has 0 aromatic carbocycles. The van der Waals surface area contributed by atoms with Crippen molar-refractivity contribution in [1.29, 1.82) is 0 Å². The Morgan fingerprint density at radius 2 is 2.22 bits per heavy atom. The molecule has 0 spiro atoms. The first-order chi connectivity index (χ1) is 8.05. The van der Waals surface area contributed by atoms with Gasteiger partial charge in [-0.25, -0.2) is 8.42 Å². The fraction of sp³-hybridized carbons (Fsp3) is 0.700. The van der Waals surface area contributed by atoms with Crippen LogP contribution in [0.3, 0.4) is 0 Å². The highest BCUT2D eigenvalue weighted by Gasteiger charge is 2.31. The predicted octanol–water partition coefficient (Wildman–Crippen LogP) is 0.214. The van der Waals surface area contributed by atoms with Crippen molar-refractivity contribution in [2.75, 3.05) is 20.1 Å². The molecule has 0 radical (unpaired) electrons. The zero-order valence-electron chi connectivity index (χ0n) is 10.5. The molecule has 1 unspecified atom stereocenters. The number of sulfonamides is 1. The van der Waals surface area contributed by atoms with Crippen LogP contribution in [-0.4, -0.2) is 48.7 Å². The van der Waals surface area contributed by atoms with Gasteiger partial charge in [-0.1, -0.05) is 0 Å². The molecule has 6 nitrogen and oxygen atoms in total. The number of likely N-dealkylation sites (N-methyl/N-ethyl adjacent to an activating group) is 1. The van der Waals surface area contributed by atoms with E-state index in [0.29, 0.717) is 13.1 Å². The molecule has 0 bridgehead atoms. The van der Waals surface area contributed by atoms with Crippen LogP contribution in [0.5, 0.6) is 0 Å². The maximum Gasteiger partial charge on any atom is 0.260 e. The van der Waals surface area contributed by atoms with E-state index in [-0.39, 0.29) is 23.5 Å². The van der Waals surface area contributed by atoms with Gasteiger partial charge in [0.1, 0.15) is 0 Å². The molecule has 1 fully saturated rings. The van der Waals surface area contributed by atoms with Crippen LogP contribution in [0.2, 0.25) is 0 Å². The first-order valence-corrected chi connectivity index (χ1v) is 7.15. The van der Waals surface area contributed by atoms with Gasteiger partial charge in [-0.15, -0.1) is 12.4 Å². The van der Waals surface area contributed by atoms with E-state index >= 15 is 0 Å². The minimum absolute atomic E-state index is 0. The predicted molar refractivity (Wildman–Crippen MR) is 71.3 cm³/mol. The molecule has 0 saturated carbocycles. The molecule has 1 aromatic rings. The molecule has 2 rings (SSSR count). The summed E-state index contributed by atoms with van der Waals surface area (Å²) in [5.41, 5.74) is 0. The number of halogens is 1. The zero-order valence-corrected chi connectivity index (χ0v) is 12.2. The molecule has 1 aliphatic rings. The summed E-state index contributed by atoms with van der Waals surface area (Å²) in [6.07, 6.45) is 3.42. The van der Waals surface area contributed by atoms with Crippen LogP contribution in [0.25, 0.3) is 0 Å². The molecular weight excluding hydrogens is 276 g/mol. The largest absolute Gasteiger partial charge is 0.316 e. The van der Waals surface area contributed by atoms with E-state index < -0.39 is 10.0 Å². The van der Waals surface area contributed by atoms with Crippen LogP contribution < -0.4 is 5.32 Å². The lowest BCUT2D eigenvalue weighted by atomic mass is 10.1. The van der Waals surface area contributed by atoms with Crippen molar-refractivity contribution >= 4 is 22.4 Å². The van der Waals surface area contributed by atoms with Crippen molar-refractivity contribution < 1.29 is 8.42 Å². The standard InChI is InChI=1S/C10H18N4O2S.ClH/c1-11-9-4-3-7-14(8-9)17(15,16)10-5-6-12-13(10)2;/h5-6,9,11H,3-4,7-8H2,1-2H3;1H. The van der Waals surface area contributed by atoms with Crippen molar-refractivity contribution in [2.24, 2.45) is 7.05 Å². The molecule has 8 heteroatoms. The second-order valence-corrected chi connectivity index (χ2v) is 6.17. The SMILES string of the molecule is CNC1CCCN(S(=O)(=O)c2ccnn2C)C1.Cl. The van der Waals surface area contributed by atoms with Crippen LogP contribution in [-0.2, 0) is 17.1 Å². The van der Waals surface area contributed by atoms with Gasteiger partial charge in [0.05, 0.1) is 6.20 Å². The molecular formula is C10H19ClN4O2S. The van der Waals surface area contributed by atoms with Crippen molar-refractivity contribution in [3.05, 3.63) is 12.3 Å². The third-order valence-corrected chi connectivity index (χ3v) is 5.11. The molecule has 2 heterocycles. The Balaban J connectivity index is 0.00000162. The maximum atomic E-state index is 12.4. The van der Waals surface area contributed by atoms with Crippen LogP contribution in [0, 0.1) is 0 Å². The number of hydrogen-bond acceptors (Lipinski definition) is 4. The number of piperidine rings is 1. The van der Waals surface area contributed by atoms with Gasteiger partial charge in [0, 0.05) is 26.2 Å². The molecule has 104 valence electrons. The van der Waals surface area contributed by atoms with Gasteiger partial charge >= 0.3 is 0 Å². The highest BCUT2D eigenvalue weighted by molar-refractivity contribution is 7.89. The molecule has 1 aliphatic heterocycles. The minimum atomic E-state index is -3.40. The van der Waals surface area contributed by atoms with Gasteiger partial charge in [0.2, 0.25) is 0 Å². The van der Waals surface area contributed by atoms with Gasteiger partial charge in [-0.2, -0.15) is 9.40 Å². The second kappa shape index (κ2) is 6.01. The molecule has 1 saturated heterocycles. The van der Waals surface area contributed by atoms with E-state index in [1.807, 2.05) is 7.05 Å². The summed E-state index contributed by atoms with van der Waals surface area (Å²) in [5.74, 6) is 0. The summed E-state index contributed by atoms with van der Waals surface area (Å²) in [5, 5.41) is 7.31. The van der Waals surface area contributed by atoms with E-state index in [1.54, 1.807) is 13.1 Å². The van der Waals surface area contributed by atoms with Crippen molar-refractivity contribution in [1.82, 2.24) is 19.4 Å². The Morgan fingerprint density at radius 1 is 1.50 bits per heavy atom. The summed E-state index contributed by atoms with van der Waals surface area (Å²) in [4.78, 5) is 0. The Labute approximate surface area is 114 Å². The zero-order chi connectivity index (χ0) is 12.5. The lowest BCUT2D eigenvalue weighted by molar-refractivity contribution is 0.291. The number of aromatic nitrogens is 2. The topological polar surface area (TPSA) is 67.2 Å². The summed E-state index contributed by atoms with van der Waals surface area (Å²) in [6.45, 7) is 1.12. The Bertz CT molecular complexity index is 488. The molecule has 1 N–H and O–H groups in total. The van der Waals surface area contributed by atoms with Crippen LogP contribution in [0.1, 0.15) is 12.8 Å². The molecule has 1 aromatic heterocycles. The third-order valence-electron chi connectivity index (χ3n) is 3.17. The third kappa shape index (κ3) is 2.85. The monoisotopic (exact) mass is 294 g/mol. The molecule has 18 heavy (non-hydrogen) atoms. The van der Waals surface area contributed by atoms with Gasteiger partial charge in [0.25, 0.3) is 10.0 Å². The number of nitrogens with zero attached hydrogens (tertiary/aromatic N) is 3. The lowest BCUT2D eigenvalue weighted by Crippen LogP contribution is -2.47. The maximum absolute atomic E-state index is 12.4. The normalized spacial score (nSPS) is 21.6. The first-order valence-electron chi connectivity index (χ1n) is 5.71. The summed E-state index contributed by atoms with van der Waals surface area (Å²) in [6, 6.07) is 1.78. The fourth-order valence-corrected chi connectivity index (χ4v) is 3.77. The van der Waals surface area contributed by atoms with Gasteiger partial charge in [-0.3, -0.25) is 4.68 Å². The summed E-state index contributed by atoms with van der Waals surface area (Å²) in [7, 11) is 0.113. The van der Waals surface area contributed by atoms with Crippen LogP contribution >= 0.6 is 12.4 Å². The van der Waals surface area contributed by atoms with Gasteiger partial charge < -0.3 is 5.32 Å². The van der Waals surface area contributed by atoms with E-state index in [0.717, 1.165) is 12.8 Å². The van der Waals surface area contributed by atoms with Gasteiger partial charge in [0.15, 0.2) is 5.03 Å². The highest BCUT2D eigenvalue weighted by Crippen LogP contribution is 2.19. The summed E-state index contributed by atoms with van der Waals surface area (Å²) >= 11 is 0. The number of rotatable bonds is 3. The minimum Gasteiger partial charge on any atom is -0.316 e. The molecule has 1 atom stereocenters. The fourth-order valence-electron chi connectivity index (χ4n) is 2.14. The van der Waals surface area contributed by atoms with E-state index in [2.05, 4.69) is 10.4 Å². The molecule has 0 aliphatic carbocycles. The lowest BCUT2D eigenvalue weighted by Gasteiger charge is -2.31. The van der Waals surface area contributed by atoms with Crippen molar-refractivity contribution in [3.63, 3.8) is 0 Å². The van der Waals surface area contributed by atoms with Gasteiger partial charge in [-0.05, 0) is 26.0 Å². The van der Waals surface area contributed by atoms with Crippen LogP contribution in [0.4, 0.5) is 0 Å². The highest BCUT2D eigenvalue weighted by atomic mass is 35.5. The first kappa shape index (κ1) is 15.4. The average molecular weight is 295 g/mol. The van der Waals surface area contributed by atoms with E-state index in [1.165, 1.54) is 15.2 Å². The number of nitrogens with one attached hydrogen (secondary N) is 1. The second-order valence-electron chi connectivity index (χ2n) is 4.28. The molecule has 0 amide bonds. The Kier molecular flexibility index (Phi) is 5.15. The quantitative estimate of drug-likeness (QED) is 0.866. The van der Waals surface area contributed by atoms with Crippen molar-refractivity contribution in [2.45, 2.75) is 23.9 Å². The Morgan fingerprint density at radius 3 is 2.78 bits per heavy atom. The van der Waals surface area contributed by atoms with Crippen molar-refractivity contribution in [3.8, 4) is 0 Å². The number of aryl methyl sites for hydroxylation is 1. The smallest absolute Gasteiger partial charge is 0.260 e. The number of hydrogen-bond donors (Lipinski definition) is 1. The van der Waals surface area contributed by atoms with E-state index in [9.17, 15) is 8.42 Å².